The maximum atomic E-state index is 12.9. The van der Waals surface area contributed by atoms with Gasteiger partial charge in [-0.3, -0.25) is 9.59 Å². The minimum Gasteiger partial charge on any atom is -0.465 e. The summed E-state index contributed by atoms with van der Waals surface area (Å²) in [6.45, 7) is 1.99. The van der Waals surface area contributed by atoms with Gasteiger partial charge in [0, 0.05) is 17.7 Å². The summed E-state index contributed by atoms with van der Waals surface area (Å²) in [5.41, 5.74) is 2.48. The number of esters is 1. The molecular formula is C29H26N2O4. The number of carbonyl (C=O) groups excluding carboxylic acids is 3. The van der Waals surface area contributed by atoms with Crippen molar-refractivity contribution in [1.82, 2.24) is 0 Å². The molecule has 1 unspecified atom stereocenters. The molecule has 6 nitrogen and oxygen atoms in total. The Morgan fingerprint density at radius 2 is 1.51 bits per heavy atom. The summed E-state index contributed by atoms with van der Waals surface area (Å²) in [4.78, 5) is 37.7. The average molecular weight is 467 g/mol. The van der Waals surface area contributed by atoms with Crippen molar-refractivity contribution in [2.75, 3.05) is 17.7 Å². The van der Waals surface area contributed by atoms with Crippen LogP contribution in [-0.2, 0) is 9.53 Å². The van der Waals surface area contributed by atoms with E-state index in [-0.39, 0.29) is 35.4 Å². The first-order valence-corrected chi connectivity index (χ1v) is 11.3. The van der Waals surface area contributed by atoms with Crippen LogP contribution in [0.25, 0.3) is 10.8 Å². The van der Waals surface area contributed by atoms with Crippen molar-refractivity contribution < 1.29 is 19.1 Å². The van der Waals surface area contributed by atoms with Gasteiger partial charge >= 0.3 is 5.97 Å². The van der Waals surface area contributed by atoms with Crippen LogP contribution < -0.4 is 10.6 Å². The van der Waals surface area contributed by atoms with Crippen molar-refractivity contribution in [2.45, 2.75) is 19.3 Å². The smallest absolute Gasteiger partial charge is 0.339 e. The number of hydrogen-bond acceptors (Lipinski definition) is 4. The Morgan fingerprint density at radius 1 is 0.800 bits per heavy atom. The van der Waals surface area contributed by atoms with Crippen LogP contribution in [0.3, 0.4) is 0 Å². The normalized spacial score (nSPS) is 11.5. The third-order valence-corrected chi connectivity index (χ3v) is 5.83. The van der Waals surface area contributed by atoms with Crippen LogP contribution in [0.15, 0.2) is 91.0 Å². The maximum absolute atomic E-state index is 12.9. The van der Waals surface area contributed by atoms with Gasteiger partial charge < -0.3 is 15.4 Å². The number of benzene rings is 4. The van der Waals surface area contributed by atoms with Crippen molar-refractivity contribution in [1.29, 1.82) is 0 Å². The molecule has 4 aromatic rings. The zero-order valence-electron chi connectivity index (χ0n) is 19.6. The molecule has 0 aliphatic rings. The first kappa shape index (κ1) is 23.7. The average Bonchev–Trinajstić information content (AvgIpc) is 2.88. The quantitative estimate of drug-likeness (QED) is 0.327. The first-order chi connectivity index (χ1) is 16.9. The second kappa shape index (κ2) is 10.7. The number of anilines is 2. The van der Waals surface area contributed by atoms with E-state index in [9.17, 15) is 14.4 Å². The molecule has 4 rings (SSSR count). The number of rotatable bonds is 7. The maximum Gasteiger partial charge on any atom is 0.339 e. The molecule has 0 saturated heterocycles. The minimum atomic E-state index is -0.580. The zero-order chi connectivity index (χ0) is 24.8. The van der Waals surface area contributed by atoms with E-state index in [1.807, 2.05) is 49.4 Å². The summed E-state index contributed by atoms with van der Waals surface area (Å²) in [6, 6.07) is 27.7. The van der Waals surface area contributed by atoms with E-state index in [4.69, 9.17) is 4.74 Å². The van der Waals surface area contributed by atoms with Gasteiger partial charge in [0.1, 0.15) is 0 Å². The van der Waals surface area contributed by atoms with Crippen LogP contribution in [0.2, 0.25) is 0 Å². The van der Waals surface area contributed by atoms with E-state index in [0.717, 1.165) is 16.3 Å². The van der Waals surface area contributed by atoms with Gasteiger partial charge in [-0.15, -0.1) is 0 Å². The molecule has 0 fully saturated rings. The predicted octanol–water partition coefficient (Wildman–Crippen LogP) is 6.01. The Bertz CT molecular complexity index is 1380. The SMILES string of the molecule is COC(=O)c1ccc(NC(=O)c2ccccc2)cc1NC(=O)CC(C)c1ccc2ccccc2c1. The number of hydrogen-bond donors (Lipinski definition) is 2. The number of carbonyl (C=O) groups is 3. The molecule has 1 atom stereocenters. The molecule has 35 heavy (non-hydrogen) atoms. The van der Waals surface area contributed by atoms with Crippen LogP contribution in [0.5, 0.6) is 0 Å². The standard InChI is InChI=1S/C29H26N2O4/c1-19(22-13-12-20-8-6-7-11-23(20)17-22)16-27(32)31-26-18-24(14-15-25(26)29(34)35-2)30-28(33)21-9-4-3-5-10-21/h3-15,17-19H,16H2,1-2H3,(H,30,33)(H,31,32). The van der Waals surface area contributed by atoms with E-state index in [0.29, 0.717) is 11.3 Å². The molecule has 0 aliphatic heterocycles. The monoisotopic (exact) mass is 466 g/mol. The fourth-order valence-corrected chi connectivity index (χ4v) is 3.92. The molecule has 0 saturated carbocycles. The molecule has 6 heteroatoms. The van der Waals surface area contributed by atoms with Crippen molar-refractivity contribution in [3.8, 4) is 0 Å². The number of ether oxygens (including phenoxy) is 1. The lowest BCUT2D eigenvalue weighted by molar-refractivity contribution is -0.116. The van der Waals surface area contributed by atoms with Crippen LogP contribution in [-0.4, -0.2) is 24.9 Å². The van der Waals surface area contributed by atoms with E-state index in [2.05, 4.69) is 16.7 Å². The second-order valence-corrected chi connectivity index (χ2v) is 8.33. The summed E-state index contributed by atoms with van der Waals surface area (Å²) < 4.78 is 4.86. The Morgan fingerprint density at radius 3 is 2.26 bits per heavy atom. The molecular weight excluding hydrogens is 440 g/mol. The predicted molar refractivity (Wildman–Crippen MR) is 138 cm³/mol. The van der Waals surface area contributed by atoms with Gasteiger partial charge in [-0.2, -0.15) is 0 Å². The van der Waals surface area contributed by atoms with Crippen molar-refractivity contribution in [3.63, 3.8) is 0 Å². The van der Waals surface area contributed by atoms with Crippen molar-refractivity contribution in [2.24, 2.45) is 0 Å². The van der Waals surface area contributed by atoms with Gasteiger partial charge in [0.2, 0.25) is 5.91 Å². The van der Waals surface area contributed by atoms with Crippen molar-refractivity contribution >= 4 is 39.9 Å². The highest BCUT2D eigenvalue weighted by Gasteiger charge is 2.18. The lowest BCUT2D eigenvalue weighted by Gasteiger charge is -2.15. The van der Waals surface area contributed by atoms with Gasteiger partial charge in [0.15, 0.2) is 0 Å². The van der Waals surface area contributed by atoms with Gasteiger partial charge in [-0.1, -0.05) is 67.6 Å². The highest BCUT2D eigenvalue weighted by Crippen LogP contribution is 2.26. The fourth-order valence-electron chi connectivity index (χ4n) is 3.92. The topological polar surface area (TPSA) is 84.5 Å². The number of nitrogens with one attached hydrogen (secondary N) is 2. The molecule has 0 radical (unpaired) electrons. The van der Waals surface area contributed by atoms with E-state index >= 15 is 0 Å². The molecule has 176 valence electrons. The van der Waals surface area contributed by atoms with E-state index < -0.39 is 5.97 Å². The van der Waals surface area contributed by atoms with Crippen LogP contribution >= 0.6 is 0 Å². The Hall–Kier alpha value is -4.45. The highest BCUT2D eigenvalue weighted by molar-refractivity contribution is 6.06. The van der Waals surface area contributed by atoms with Gasteiger partial charge in [-0.25, -0.2) is 4.79 Å². The number of methoxy groups -OCH3 is 1. The largest absolute Gasteiger partial charge is 0.465 e. The third-order valence-electron chi connectivity index (χ3n) is 5.83. The minimum absolute atomic E-state index is 0.0397. The molecule has 0 aliphatic carbocycles. The Balaban J connectivity index is 1.51. The van der Waals surface area contributed by atoms with Crippen molar-refractivity contribution in [3.05, 3.63) is 108 Å². The first-order valence-electron chi connectivity index (χ1n) is 11.3. The van der Waals surface area contributed by atoms with Crippen LogP contribution in [0, 0.1) is 0 Å². The zero-order valence-corrected chi connectivity index (χ0v) is 19.6. The molecule has 4 aromatic carbocycles. The Kier molecular flexibility index (Phi) is 7.21. The molecule has 0 spiro atoms. The fraction of sp³-hybridized carbons (Fsp3) is 0.138. The van der Waals surface area contributed by atoms with E-state index in [1.165, 1.54) is 13.2 Å². The lowest BCUT2D eigenvalue weighted by atomic mass is 9.95. The summed E-state index contributed by atoms with van der Waals surface area (Å²) in [5, 5.41) is 7.88. The van der Waals surface area contributed by atoms with E-state index in [1.54, 1.807) is 36.4 Å². The number of fused-ring (bicyclic) bond motifs is 1. The summed E-state index contributed by atoms with van der Waals surface area (Å²) in [5.74, 6) is -1.16. The molecule has 0 heterocycles. The summed E-state index contributed by atoms with van der Waals surface area (Å²) in [6.07, 6.45) is 0.222. The summed E-state index contributed by atoms with van der Waals surface area (Å²) >= 11 is 0. The van der Waals surface area contributed by atoms with Crippen LogP contribution in [0.1, 0.15) is 45.5 Å². The molecule has 2 amide bonds. The Labute approximate surface area is 203 Å². The van der Waals surface area contributed by atoms with Gasteiger partial charge in [0.25, 0.3) is 5.91 Å². The number of amides is 2. The molecule has 0 bridgehead atoms. The summed E-state index contributed by atoms with van der Waals surface area (Å²) in [7, 11) is 1.28. The van der Waals surface area contributed by atoms with Crippen LogP contribution in [0.4, 0.5) is 11.4 Å². The lowest BCUT2D eigenvalue weighted by Crippen LogP contribution is -2.18. The van der Waals surface area contributed by atoms with Gasteiger partial charge in [0.05, 0.1) is 18.4 Å². The highest BCUT2D eigenvalue weighted by atomic mass is 16.5. The molecule has 2 N–H and O–H groups in total. The third kappa shape index (κ3) is 5.73. The second-order valence-electron chi connectivity index (χ2n) is 8.33. The van der Waals surface area contributed by atoms with Gasteiger partial charge in [-0.05, 0) is 52.6 Å². The molecule has 0 aromatic heterocycles.